The summed E-state index contributed by atoms with van der Waals surface area (Å²) in [6, 6.07) is 20.9. The molecule has 1 aliphatic rings. The molecule has 0 radical (unpaired) electrons. The van der Waals surface area contributed by atoms with Gasteiger partial charge in [-0.05, 0) is 42.0 Å². The van der Waals surface area contributed by atoms with Crippen LogP contribution < -0.4 is 10.6 Å². The number of carbonyl (C=O) groups is 2. The van der Waals surface area contributed by atoms with E-state index in [9.17, 15) is 29.4 Å². The highest BCUT2D eigenvalue weighted by molar-refractivity contribution is 7.74. The maximum atomic E-state index is 14.0. The van der Waals surface area contributed by atoms with Gasteiger partial charge < -0.3 is 14.4 Å². The molecule has 36 heavy (non-hydrogen) atoms. The molecule has 1 N–H and O–H groups in total. The Labute approximate surface area is 206 Å². The summed E-state index contributed by atoms with van der Waals surface area (Å²) < 4.78 is 24.9. The molecule has 11 heteroatoms. The first-order valence-electron chi connectivity index (χ1n) is 11.1. The monoisotopic (exact) mass is 510 g/mol. The summed E-state index contributed by atoms with van der Waals surface area (Å²) in [6.45, 7) is -0.364. The zero-order valence-corrected chi connectivity index (χ0v) is 19.9. The van der Waals surface area contributed by atoms with Crippen molar-refractivity contribution < 1.29 is 33.4 Å². The number of rotatable bonds is 7. The Kier molecular flexibility index (Phi) is 7.47. The van der Waals surface area contributed by atoms with Gasteiger partial charge in [-0.1, -0.05) is 36.4 Å². The maximum absolute atomic E-state index is 14.0. The Hall–Kier alpha value is -4.01. The number of amides is 1. The van der Waals surface area contributed by atoms with Crippen molar-refractivity contribution in [3.63, 3.8) is 0 Å². The molecule has 3 aromatic carbocycles. The first-order chi connectivity index (χ1) is 17.3. The highest BCUT2D eigenvalue weighted by Crippen LogP contribution is 2.45. The third-order valence-electron chi connectivity index (χ3n) is 5.71. The summed E-state index contributed by atoms with van der Waals surface area (Å²) in [7, 11) is -3.85. The van der Waals surface area contributed by atoms with Crippen LogP contribution in [0, 0.1) is 10.1 Å². The average molecular weight is 510 g/mol. The van der Waals surface area contributed by atoms with Crippen LogP contribution in [-0.4, -0.2) is 45.7 Å². The quantitative estimate of drug-likeness (QED) is 0.291. The topological polar surface area (TPSA) is 136 Å². The largest absolute Gasteiger partial charge is 0.445 e. The Balaban J connectivity index is 1.50. The van der Waals surface area contributed by atoms with E-state index in [1.54, 1.807) is 60.7 Å². The Bertz CT molecular complexity index is 1240. The van der Waals surface area contributed by atoms with Gasteiger partial charge >= 0.3 is 19.4 Å². The highest BCUT2D eigenvalue weighted by atomic mass is 31.2. The van der Waals surface area contributed by atoms with E-state index in [-0.39, 0.29) is 25.3 Å². The second kappa shape index (κ2) is 10.7. The number of likely N-dealkylation sites (tertiary alicyclic amines) is 1. The lowest BCUT2D eigenvalue weighted by Crippen LogP contribution is -2.42. The number of β-amino-alcohol motifs (C(OH)–C–C–N with tert-alkyl or cyclic N) is 1. The molecular weight excluding hydrogens is 487 g/mol. The van der Waals surface area contributed by atoms with E-state index in [0.717, 1.165) is 4.90 Å². The fourth-order valence-corrected chi connectivity index (χ4v) is 5.88. The number of aliphatic hydroxyl groups excluding tert-OH is 1. The number of aliphatic hydroxyl groups is 1. The molecule has 0 aromatic heterocycles. The Morgan fingerprint density at radius 2 is 1.53 bits per heavy atom. The molecule has 2 unspecified atom stereocenters. The first kappa shape index (κ1) is 25.1. The van der Waals surface area contributed by atoms with Crippen LogP contribution in [0.2, 0.25) is 0 Å². The molecule has 3 aromatic rings. The summed E-state index contributed by atoms with van der Waals surface area (Å²) in [4.78, 5) is 37.3. The average Bonchev–Trinajstić information content (AvgIpc) is 3.30. The van der Waals surface area contributed by atoms with E-state index in [2.05, 4.69) is 0 Å². The van der Waals surface area contributed by atoms with Crippen molar-refractivity contribution in [3.8, 4) is 0 Å². The molecule has 10 nitrogen and oxygen atoms in total. The third-order valence-corrected chi connectivity index (χ3v) is 8.10. The molecule has 186 valence electrons. The molecule has 4 rings (SSSR count). The molecule has 0 saturated carbocycles. The van der Waals surface area contributed by atoms with Gasteiger partial charge in [-0.2, -0.15) is 0 Å². The van der Waals surface area contributed by atoms with Crippen molar-refractivity contribution in [2.75, 3.05) is 6.54 Å². The molecule has 0 bridgehead atoms. The summed E-state index contributed by atoms with van der Waals surface area (Å²) in [5.41, 5.74) is 0.405. The number of nitro benzene ring substituents is 1. The minimum Gasteiger partial charge on any atom is -0.445 e. The summed E-state index contributed by atoms with van der Waals surface area (Å²) in [6.07, 6.45) is -1.97. The first-order valence-corrected chi connectivity index (χ1v) is 12.7. The number of benzene rings is 3. The fraction of sp³-hybridized carbons (Fsp3) is 0.200. The van der Waals surface area contributed by atoms with Gasteiger partial charge in [0, 0.05) is 18.6 Å². The number of hydrogen-bond donors (Lipinski definition) is 1. The van der Waals surface area contributed by atoms with Crippen molar-refractivity contribution in [2.45, 2.75) is 25.2 Å². The molecule has 0 aliphatic carbocycles. The number of non-ortho nitro benzene ring substituents is 1. The number of nitro groups is 1. The van der Waals surface area contributed by atoms with Gasteiger partial charge in [-0.15, -0.1) is 0 Å². The van der Waals surface area contributed by atoms with Crippen molar-refractivity contribution in [2.24, 2.45) is 0 Å². The van der Waals surface area contributed by atoms with Crippen LogP contribution in [-0.2, 0) is 25.2 Å². The molecule has 1 heterocycles. The third kappa shape index (κ3) is 5.45. The van der Waals surface area contributed by atoms with Crippen LogP contribution in [0.15, 0.2) is 84.9 Å². The highest BCUT2D eigenvalue weighted by Gasteiger charge is 2.44. The predicted molar refractivity (Wildman–Crippen MR) is 130 cm³/mol. The van der Waals surface area contributed by atoms with Crippen LogP contribution >= 0.6 is 7.37 Å². The van der Waals surface area contributed by atoms with Gasteiger partial charge in [-0.25, -0.2) is 9.59 Å². The fourth-order valence-electron chi connectivity index (χ4n) is 3.87. The minimum absolute atomic E-state index is 0.100. The van der Waals surface area contributed by atoms with Crippen molar-refractivity contribution in [3.05, 3.63) is 101 Å². The van der Waals surface area contributed by atoms with Crippen LogP contribution in [0.25, 0.3) is 0 Å². The predicted octanol–water partition coefficient (Wildman–Crippen LogP) is 3.14. The number of nitrogens with zero attached hydrogens (tertiary/aromatic N) is 2. The molecule has 1 amide bonds. The lowest BCUT2D eigenvalue weighted by Gasteiger charge is -2.25. The van der Waals surface area contributed by atoms with Crippen LogP contribution in [0.1, 0.15) is 12.0 Å². The maximum Gasteiger partial charge on any atom is 0.410 e. The SMILES string of the molecule is O=C(OP(=O)(c1ccccc1)c1ccccc1)C1CC(O)CN1C(=O)OCc1ccc([N+](=O)[O-])cc1. The van der Waals surface area contributed by atoms with E-state index in [1.807, 2.05) is 0 Å². The lowest BCUT2D eigenvalue weighted by atomic mass is 10.2. The summed E-state index contributed by atoms with van der Waals surface area (Å²) in [5, 5.41) is 21.6. The van der Waals surface area contributed by atoms with Crippen molar-refractivity contribution in [1.29, 1.82) is 0 Å². The molecule has 1 saturated heterocycles. The lowest BCUT2D eigenvalue weighted by molar-refractivity contribution is -0.384. The Morgan fingerprint density at radius 1 is 0.972 bits per heavy atom. The number of ether oxygens (including phenoxy) is 1. The van der Waals surface area contributed by atoms with Gasteiger partial charge in [0.1, 0.15) is 12.6 Å². The van der Waals surface area contributed by atoms with E-state index < -0.39 is 36.5 Å². The second-order valence-electron chi connectivity index (χ2n) is 8.17. The van der Waals surface area contributed by atoms with E-state index >= 15 is 0 Å². The minimum atomic E-state index is -3.85. The van der Waals surface area contributed by atoms with Crippen LogP contribution in [0.3, 0.4) is 0 Å². The van der Waals surface area contributed by atoms with Crippen LogP contribution in [0.5, 0.6) is 0 Å². The Morgan fingerprint density at radius 3 is 2.06 bits per heavy atom. The molecule has 1 aliphatic heterocycles. The van der Waals surface area contributed by atoms with Gasteiger partial charge in [0.2, 0.25) is 0 Å². The summed E-state index contributed by atoms with van der Waals surface area (Å²) in [5.74, 6) is -0.921. The number of carbonyl (C=O) groups excluding carboxylic acids is 2. The standard InChI is InChI=1S/C25H23N2O8P/c28-20-15-23(26(16-20)25(30)34-17-18-11-13-19(14-12-18)27(31)32)24(29)35-36(33,21-7-3-1-4-8-21)22-9-5-2-6-10-22/h1-14,20,23,28H,15-17H2. The normalized spacial score (nSPS) is 17.4. The van der Waals surface area contributed by atoms with Gasteiger partial charge in [0.25, 0.3) is 5.69 Å². The van der Waals surface area contributed by atoms with E-state index in [1.165, 1.54) is 24.3 Å². The van der Waals surface area contributed by atoms with Crippen LogP contribution in [0.4, 0.5) is 10.5 Å². The van der Waals surface area contributed by atoms with Crippen molar-refractivity contribution >= 4 is 35.7 Å². The zero-order valence-electron chi connectivity index (χ0n) is 19.0. The van der Waals surface area contributed by atoms with E-state index in [0.29, 0.717) is 16.2 Å². The molecule has 0 spiro atoms. The van der Waals surface area contributed by atoms with Crippen molar-refractivity contribution in [1.82, 2.24) is 4.90 Å². The summed E-state index contributed by atoms with van der Waals surface area (Å²) >= 11 is 0. The second-order valence-corrected chi connectivity index (χ2v) is 10.5. The molecule has 1 fully saturated rings. The van der Waals surface area contributed by atoms with Gasteiger partial charge in [0.05, 0.1) is 28.2 Å². The van der Waals surface area contributed by atoms with Gasteiger partial charge in [-0.3, -0.25) is 19.6 Å². The molecule has 2 atom stereocenters. The van der Waals surface area contributed by atoms with Gasteiger partial charge in [0.15, 0.2) is 0 Å². The number of hydrogen-bond acceptors (Lipinski definition) is 8. The zero-order chi connectivity index (χ0) is 25.7. The van der Waals surface area contributed by atoms with E-state index in [4.69, 9.17) is 9.26 Å². The smallest absolute Gasteiger partial charge is 0.410 e. The molecular formula is C25H23N2O8P.